The number of nitrogens with zero attached hydrogens (tertiary/aromatic N) is 3. The van der Waals surface area contributed by atoms with Crippen LogP contribution in [0.2, 0.25) is 5.02 Å². The number of anilines is 2. The second-order valence-electron chi connectivity index (χ2n) is 6.63. The molecule has 3 rings (SSSR count). The van der Waals surface area contributed by atoms with Crippen LogP contribution < -0.4 is 11.1 Å². The van der Waals surface area contributed by atoms with Crippen LogP contribution in [0.4, 0.5) is 17.1 Å². The smallest absolute Gasteiger partial charge is 0.292 e. The number of halogens is 1. The maximum atomic E-state index is 12.6. The molecular weight excluding hydrogens is 398 g/mol. The summed E-state index contributed by atoms with van der Waals surface area (Å²) in [7, 11) is 0. The lowest BCUT2D eigenvalue weighted by Gasteiger charge is -2.34. The lowest BCUT2D eigenvalue weighted by molar-refractivity contribution is -0.383. The van der Waals surface area contributed by atoms with E-state index in [4.69, 9.17) is 17.3 Å². The summed E-state index contributed by atoms with van der Waals surface area (Å²) in [5, 5.41) is 14.3. The number of nitrogens with two attached hydrogens (primary N) is 1. The van der Waals surface area contributed by atoms with Crippen molar-refractivity contribution in [2.24, 2.45) is 0 Å². The first-order valence-corrected chi connectivity index (χ1v) is 9.33. The van der Waals surface area contributed by atoms with Crippen LogP contribution in [0.1, 0.15) is 10.4 Å². The van der Waals surface area contributed by atoms with Crippen molar-refractivity contribution in [1.29, 1.82) is 0 Å². The number of carbonyl (C=O) groups excluding carboxylic acids is 2. The van der Waals surface area contributed by atoms with Gasteiger partial charge in [0.2, 0.25) is 5.91 Å². The summed E-state index contributed by atoms with van der Waals surface area (Å²) in [4.78, 5) is 38.8. The van der Waals surface area contributed by atoms with Crippen molar-refractivity contribution >= 4 is 40.5 Å². The standard InChI is InChI=1S/C19H20ClN5O4/c20-14-3-1-2-4-16(14)22-18(26)12-23-7-9-24(10-8-23)19(27)13-5-6-15(21)17(11-13)25(28)29/h1-6,11H,7-10,12,21H2,(H,22,26). The van der Waals surface area contributed by atoms with E-state index >= 15 is 0 Å². The molecule has 29 heavy (non-hydrogen) atoms. The molecule has 1 heterocycles. The summed E-state index contributed by atoms with van der Waals surface area (Å²) in [5.41, 5.74) is 6.08. The Morgan fingerprint density at radius 2 is 1.83 bits per heavy atom. The van der Waals surface area contributed by atoms with E-state index < -0.39 is 4.92 Å². The topological polar surface area (TPSA) is 122 Å². The van der Waals surface area contributed by atoms with Crippen molar-refractivity contribution in [2.45, 2.75) is 0 Å². The Balaban J connectivity index is 1.54. The number of nitro groups is 1. The van der Waals surface area contributed by atoms with E-state index in [1.165, 1.54) is 18.2 Å². The molecule has 0 aromatic heterocycles. The summed E-state index contributed by atoms with van der Waals surface area (Å²) < 4.78 is 0. The van der Waals surface area contributed by atoms with E-state index in [0.29, 0.717) is 36.9 Å². The Morgan fingerprint density at radius 1 is 1.14 bits per heavy atom. The third-order valence-electron chi connectivity index (χ3n) is 4.65. The largest absolute Gasteiger partial charge is 0.393 e. The number of piperazine rings is 1. The minimum absolute atomic E-state index is 0.0147. The average molecular weight is 418 g/mol. The second-order valence-corrected chi connectivity index (χ2v) is 7.03. The zero-order chi connectivity index (χ0) is 21.0. The van der Waals surface area contributed by atoms with Crippen LogP contribution in [-0.2, 0) is 4.79 Å². The molecule has 0 unspecified atom stereocenters. The molecule has 3 N–H and O–H groups in total. The molecule has 10 heteroatoms. The van der Waals surface area contributed by atoms with Crippen LogP contribution >= 0.6 is 11.6 Å². The van der Waals surface area contributed by atoms with Gasteiger partial charge >= 0.3 is 0 Å². The van der Waals surface area contributed by atoms with E-state index in [-0.39, 0.29) is 35.3 Å². The lowest BCUT2D eigenvalue weighted by atomic mass is 10.1. The normalized spacial score (nSPS) is 14.4. The van der Waals surface area contributed by atoms with Gasteiger partial charge in [-0.1, -0.05) is 23.7 Å². The Morgan fingerprint density at radius 3 is 2.48 bits per heavy atom. The molecule has 2 aromatic carbocycles. The third-order valence-corrected chi connectivity index (χ3v) is 4.98. The Hall–Kier alpha value is -3.17. The van der Waals surface area contributed by atoms with Gasteiger partial charge in [0, 0.05) is 37.8 Å². The molecule has 1 aliphatic heterocycles. The number of nitrogen functional groups attached to an aromatic ring is 1. The van der Waals surface area contributed by atoms with E-state index in [1.54, 1.807) is 29.2 Å². The highest BCUT2D eigenvalue weighted by Crippen LogP contribution is 2.23. The van der Waals surface area contributed by atoms with Gasteiger partial charge in [0.15, 0.2) is 0 Å². The van der Waals surface area contributed by atoms with Gasteiger partial charge in [-0.25, -0.2) is 0 Å². The molecule has 0 atom stereocenters. The fourth-order valence-corrected chi connectivity index (χ4v) is 3.26. The van der Waals surface area contributed by atoms with Gasteiger partial charge in [-0.3, -0.25) is 24.6 Å². The number of hydrogen-bond donors (Lipinski definition) is 2. The maximum absolute atomic E-state index is 12.6. The Labute approximate surface area is 172 Å². The second kappa shape index (κ2) is 8.89. The number of carbonyl (C=O) groups is 2. The van der Waals surface area contributed by atoms with Crippen LogP contribution in [0, 0.1) is 10.1 Å². The van der Waals surface area contributed by atoms with Gasteiger partial charge in [-0.15, -0.1) is 0 Å². The van der Waals surface area contributed by atoms with Crippen LogP contribution in [0.25, 0.3) is 0 Å². The van der Waals surface area contributed by atoms with Gasteiger partial charge in [0.1, 0.15) is 5.69 Å². The Kier molecular flexibility index (Phi) is 6.30. The van der Waals surface area contributed by atoms with E-state index in [2.05, 4.69) is 5.32 Å². The van der Waals surface area contributed by atoms with Crippen molar-refractivity contribution in [1.82, 2.24) is 9.80 Å². The fraction of sp³-hybridized carbons (Fsp3) is 0.263. The summed E-state index contributed by atoms with van der Waals surface area (Å²) in [6.07, 6.45) is 0. The maximum Gasteiger partial charge on any atom is 0.292 e. The number of hydrogen-bond acceptors (Lipinski definition) is 6. The van der Waals surface area contributed by atoms with Gasteiger partial charge in [0.05, 0.1) is 22.2 Å². The first-order chi connectivity index (χ1) is 13.8. The first-order valence-electron chi connectivity index (χ1n) is 8.95. The fourth-order valence-electron chi connectivity index (χ4n) is 3.08. The number of nitrogens with one attached hydrogen (secondary N) is 1. The lowest BCUT2D eigenvalue weighted by Crippen LogP contribution is -2.50. The number of nitro benzene ring substituents is 1. The predicted octanol–water partition coefficient (Wildman–Crippen LogP) is 2.23. The predicted molar refractivity (Wildman–Crippen MR) is 110 cm³/mol. The van der Waals surface area contributed by atoms with Gasteiger partial charge in [0.25, 0.3) is 11.6 Å². The average Bonchev–Trinajstić information content (AvgIpc) is 2.70. The van der Waals surface area contributed by atoms with Crippen molar-refractivity contribution in [3.05, 3.63) is 63.2 Å². The van der Waals surface area contributed by atoms with E-state index in [0.717, 1.165) is 0 Å². The van der Waals surface area contributed by atoms with Crippen molar-refractivity contribution < 1.29 is 14.5 Å². The molecule has 152 valence electrons. The quantitative estimate of drug-likeness (QED) is 0.437. The van der Waals surface area contributed by atoms with Crippen molar-refractivity contribution in [3.8, 4) is 0 Å². The highest BCUT2D eigenvalue weighted by Gasteiger charge is 2.25. The molecular formula is C19H20ClN5O4. The van der Waals surface area contributed by atoms with Crippen LogP contribution in [0.5, 0.6) is 0 Å². The summed E-state index contributed by atoms with van der Waals surface area (Å²) >= 11 is 6.04. The third kappa shape index (κ3) is 5.01. The van der Waals surface area contributed by atoms with Crippen LogP contribution in [0.3, 0.4) is 0 Å². The SMILES string of the molecule is Nc1ccc(C(=O)N2CCN(CC(=O)Nc3ccccc3Cl)CC2)cc1[N+](=O)[O-]. The number of para-hydroxylation sites is 1. The number of amides is 2. The minimum Gasteiger partial charge on any atom is -0.393 e. The molecule has 0 spiro atoms. The summed E-state index contributed by atoms with van der Waals surface area (Å²) in [6, 6.07) is 11.0. The Bertz CT molecular complexity index is 944. The summed E-state index contributed by atoms with van der Waals surface area (Å²) in [5.74, 6) is -0.486. The number of rotatable bonds is 5. The molecule has 0 bridgehead atoms. The molecule has 2 amide bonds. The zero-order valence-electron chi connectivity index (χ0n) is 15.5. The molecule has 1 saturated heterocycles. The van der Waals surface area contributed by atoms with E-state index in [1.807, 2.05) is 4.90 Å². The zero-order valence-corrected chi connectivity index (χ0v) is 16.3. The number of benzene rings is 2. The highest BCUT2D eigenvalue weighted by atomic mass is 35.5. The molecule has 2 aromatic rings. The summed E-state index contributed by atoms with van der Waals surface area (Å²) in [6.45, 7) is 2.03. The van der Waals surface area contributed by atoms with Gasteiger partial charge < -0.3 is 16.0 Å². The van der Waals surface area contributed by atoms with Gasteiger partial charge in [-0.2, -0.15) is 0 Å². The first kappa shape index (κ1) is 20.6. The monoisotopic (exact) mass is 417 g/mol. The molecule has 1 fully saturated rings. The molecule has 0 aliphatic carbocycles. The highest BCUT2D eigenvalue weighted by molar-refractivity contribution is 6.33. The van der Waals surface area contributed by atoms with Crippen molar-refractivity contribution in [3.63, 3.8) is 0 Å². The molecule has 0 saturated carbocycles. The molecule has 1 aliphatic rings. The van der Waals surface area contributed by atoms with Crippen molar-refractivity contribution in [2.75, 3.05) is 43.8 Å². The van der Waals surface area contributed by atoms with Crippen LogP contribution in [-0.4, -0.2) is 59.3 Å². The van der Waals surface area contributed by atoms with Crippen LogP contribution in [0.15, 0.2) is 42.5 Å². The van der Waals surface area contributed by atoms with E-state index in [9.17, 15) is 19.7 Å². The van der Waals surface area contributed by atoms with Gasteiger partial charge in [-0.05, 0) is 24.3 Å². The molecule has 0 radical (unpaired) electrons. The molecule has 9 nitrogen and oxygen atoms in total. The minimum atomic E-state index is -0.609.